The molecule has 5 heteroatoms. The first-order valence-corrected chi connectivity index (χ1v) is 8.67. The summed E-state index contributed by atoms with van der Waals surface area (Å²) >= 11 is 7.77. The van der Waals surface area contributed by atoms with Crippen LogP contribution >= 0.6 is 22.9 Å². The Bertz CT molecular complexity index is 565. The molecular weight excluding hydrogens is 304 g/mol. The highest BCUT2D eigenvalue weighted by Crippen LogP contribution is 2.40. The molecule has 2 aromatic heterocycles. The quantitative estimate of drug-likeness (QED) is 0.818. The minimum absolute atomic E-state index is 0.107. The van der Waals surface area contributed by atoms with Crippen LogP contribution in [0.15, 0.2) is 34.9 Å². The van der Waals surface area contributed by atoms with Gasteiger partial charge in [0.2, 0.25) is 0 Å². The molecule has 1 aliphatic carbocycles. The largest absolute Gasteiger partial charge is 0.468 e. The van der Waals surface area contributed by atoms with E-state index in [0.717, 1.165) is 23.1 Å². The summed E-state index contributed by atoms with van der Waals surface area (Å²) in [4.78, 5) is 3.75. The van der Waals surface area contributed by atoms with Crippen LogP contribution in [0.2, 0.25) is 4.34 Å². The predicted molar refractivity (Wildman–Crippen MR) is 87.6 cm³/mol. The summed E-state index contributed by atoms with van der Waals surface area (Å²) in [5, 5.41) is 0. The highest BCUT2D eigenvalue weighted by Gasteiger charge is 2.38. The van der Waals surface area contributed by atoms with Crippen molar-refractivity contribution in [3.8, 4) is 0 Å². The van der Waals surface area contributed by atoms with Crippen LogP contribution in [0.1, 0.15) is 42.9 Å². The van der Waals surface area contributed by atoms with Crippen LogP contribution in [-0.2, 0) is 6.54 Å². The van der Waals surface area contributed by atoms with Crippen LogP contribution in [0.4, 0.5) is 0 Å². The molecule has 2 unspecified atom stereocenters. The number of rotatable bonds is 7. The standard InChI is InChI=1S/C16H21ClN2OS/c1-2-13(18)16(14-7-8-15(17)21-14)19(11-5-6-11)10-12-4-3-9-20-12/h3-4,7-9,11,13,16H,2,5-6,10,18H2,1H3. The number of nitrogens with zero attached hydrogens (tertiary/aromatic N) is 1. The second-order valence-corrected chi connectivity index (χ2v) is 7.39. The van der Waals surface area contributed by atoms with Gasteiger partial charge in [0, 0.05) is 17.0 Å². The summed E-state index contributed by atoms with van der Waals surface area (Å²) in [7, 11) is 0. The molecule has 21 heavy (non-hydrogen) atoms. The first-order valence-electron chi connectivity index (χ1n) is 7.48. The van der Waals surface area contributed by atoms with Crippen molar-refractivity contribution in [3.63, 3.8) is 0 Å². The predicted octanol–water partition coefficient (Wildman–Crippen LogP) is 4.44. The monoisotopic (exact) mass is 324 g/mol. The van der Waals surface area contributed by atoms with Crippen LogP contribution in [0.25, 0.3) is 0 Å². The molecule has 1 saturated carbocycles. The molecule has 1 aliphatic rings. The lowest BCUT2D eigenvalue weighted by molar-refractivity contribution is 0.142. The van der Waals surface area contributed by atoms with Crippen LogP contribution < -0.4 is 5.73 Å². The SMILES string of the molecule is CCC(N)C(c1ccc(Cl)s1)N(Cc1ccco1)C1CC1. The third-order valence-electron chi connectivity index (χ3n) is 4.05. The summed E-state index contributed by atoms with van der Waals surface area (Å²) < 4.78 is 6.37. The molecule has 0 bridgehead atoms. The van der Waals surface area contributed by atoms with Crippen molar-refractivity contribution < 1.29 is 4.42 Å². The van der Waals surface area contributed by atoms with E-state index < -0.39 is 0 Å². The Morgan fingerprint density at radius 3 is 2.76 bits per heavy atom. The molecular formula is C16H21ClN2OS. The fraction of sp³-hybridized carbons (Fsp3) is 0.500. The van der Waals surface area contributed by atoms with E-state index in [1.54, 1.807) is 17.6 Å². The molecule has 2 aromatic rings. The molecule has 0 radical (unpaired) electrons. The number of hydrogen-bond donors (Lipinski definition) is 1. The van der Waals surface area contributed by atoms with E-state index >= 15 is 0 Å². The molecule has 114 valence electrons. The van der Waals surface area contributed by atoms with Gasteiger partial charge in [-0.3, -0.25) is 4.90 Å². The van der Waals surface area contributed by atoms with Gasteiger partial charge in [0.1, 0.15) is 5.76 Å². The maximum Gasteiger partial charge on any atom is 0.117 e. The van der Waals surface area contributed by atoms with Crippen LogP contribution in [0, 0.1) is 0 Å². The van der Waals surface area contributed by atoms with Crippen molar-refractivity contribution in [1.82, 2.24) is 4.90 Å². The molecule has 3 rings (SSSR count). The minimum atomic E-state index is 0.107. The maximum absolute atomic E-state index is 6.45. The molecule has 1 fully saturated rings. The lowest BCUT2D eigenvalue weighted by Crippen LogP contribution is -2.41. The Morgan fingerprint density at radius 2 is 2.24 bits per heavy atom. The van der Waals surface area contributed by atoms with E-state index in [0.29, 0.717) is 6.04 Å². The van der Waals surface area contributed by atoms with Crippen molar-refractivity contribution in [2.24, 2.45) is 5.73 Å². The maximum atomic E-state index is 6.45. The number of furan rings is 1. The van der Waals surface area contributed by atoms with E-state index in [1.807, 2.05) is 18.2 Å². The van der Waals surface area contributed by atoms with E-state index in [9.17, 15) is 0 Å². The zero-order valence-electron chi connectivity index (χ0n) is 12.2. The highest BCUT2D eigenvalue weighted by molar-refractivity contribution is 7.16. The Balaban J connectivity index is 1.88. The molecule has 2 atom stereocenters. The summed E-state index contributed by atoms with van der Waals surface area (Å²) in [6, 6.07) is 8.99. The third kappa shape index (κ3) is 3.51. The van der Waals surface area contributed by atoms with E-state index in [2.05, 4.69) is 17.9 Å². The molecule has 0 saturated heterocycles. The smallest absolute Gasteiger partial charge is 0.117 e. The molecule has 0 aliphatic heterocycles. The zero-order valence-corrected chi connectivity index (χ0v) is 13.7. The summed E-state index contributed by atoms with van der Waals surface area (Å²) in [5.41, 5.74) is 6.45. The summed E-state index contributed by atoms with van der Waals surface area (Å²) in [6.07, 6.45) is 5.16. The van der Waals surface area contributed by atoms with Gasteiger partial charge in [-0.1, -0.05) is 18.5 Å². The Morgan fingerprint density at radius 1 is 1.43 bits per heavy atom. The number of thiophene rings is 1. The van der Waals surface area contributed by atoms with Gasteiger partial charge in [0.25, 0.3) is 0 Å². The normalized spacial score (nSPS) is 18.1. The number of halogens is 1. The van der Waals surface area contributed by atoms with Crippen molar-refractivity contribution in [2.45, 2.75) is 50.9 Å². The van der Waals surface area contributed by atoms with Gasteiger partial charge in [-0.15, -0.1) is 11.3 Å². The third-order valence-corrected chi connectivity index (χ3v) is 5.36. The summed E-state index contributed by atoms with van der Waals surface area (Å²) in [6.45, 7) is 2.95. The van der Waals surface area contributed by atoms with Gasteiger partial charge in [-0.2, -0.15) is 0 Å². The highest BCUT2D eigenvalue weighted by atomic mass is 35.5. The Hall–Kier alpha value is -0.810. The second kappa shape index (κ2) is 6.53. The van der Waals surface area contributed by atoms with Crippen molar-refractivity contribution in [1.29, 1.82) is 0 Å². The molecule has 0 amide bonds. The van der Waals surface area contributed by atoms with Gasteiger partial charge < -0.3 is 10.2 Å². The Labute approximate surface area is 134 Å². The molecule has 0 aromatic carbocycles. The fourth-order valence-electron chi connectivity index (χ4n) is 2.77. The van der Waals surface area contributed by atoms with E-state index in [1.165, 1.54) is 17.7 Å². The molecule has 2 N–H and O–H groups in total. The van der Waals surface area contributed by atoms with Gasteiger partial charge in [0.15, 0.2) is 0 Å². The lowest BCUT2D eigenvalue weighted by atomic mass is 10.0. The molecule has 2 heterocycles. The second-order valence-electron chi connectivity index (χ2n) is 5.64. The topological polar surface area (TPSA) is 42.4 Å². The van der Waals surface area contributed by atoms with Gasteiger partial charge in [0.05, 0.1) is 23.2 Å². The van der Waals surface area contributed by atoms with Crippen molar-refractivity contribution in [3.05, 3.63) is 45.5 Å². The molecule has 0 spiro atoms. The fourth-order valence-corrected chi connectivity index (χ4v) is 4.03. The van der Waals surface area contributed by atoms with Gasteiger partial charge >= 0.3 is 0 Å². The van der Waals surface area contributed by atoms with Crippen molar-refractivity contribution >= 4 is 22.9 Å². The minimum Gasteiger partial charge on any atom is -0.468 e. The van der Waals surface area contributed by atoms with Gasteiger partial charge in [-0.25, -0.2) is 0 Å². The average molecular weight is 325 g/mol. The van der Waals surface area contributed by atoms with E-state index in [4.69, 9.17) is 21.8 Å². The van der Waals surface area contributed by atoms with E-state index in [-0.39, 0.29) is 12.1 Å². The molecule has 3 nitrogen and oxygen atoms in total. The van der Waals surface area contributed by atoms with Crippen LogP contribution in [-0.4, -0.2) is 17.0 Å². The first-order chi connectivity index (χ1) is 10.2. The number of nitrogens with two attached hydrogens (primary N) is 1. The van der Waals surface area contributed by atoms with Crippen molar-refractivity contribution in [2.75, 3.05) is 0 Å². The Kier molecular flexibility index (Phi) is 4.69. The lowest BCUT2D eigenvalue weighted by Gasteiger charge is -2.34. The van der Waals surface area contributed by atoms with Crippen LogP contribution in [0.3, 0.4) is 0 Å². The first kappa shape index (κ1) is 15.1. The zero-order chi connectivity index (χ0) is 14.8. The summed E-state index contributed by atoms with van der Waals surface area (Å²) in [5.74, 6) is 0.998. The van der Waals surface area contributed by atoms with Gasteiger partial charge in [-0.05, 0) is 43.5 Å². The number of hydrogen-bond acceptors (Lipinski definition) is 4. The average Bonchev–Trinajstić information content (AvgIpc) is 3.03. The van der Waals surface area contributed by atoms with Crippen LogP contribution in [0.5, 0.6) is 0 Å².